The van der Waals surface area contributed by atoms with Gasteiger partial charge in [-0.1, -0.05) is 44.2 Å². The van der Waals surface area contributed by atoms with E-state index in [4.69, 9.17) is 15.0 Å². The third-order valence-electron chi connectivity index (χ3n) is 5.20. The van der Waals surface area contributed by atoms with Crippen LogP contribution in [-0.2, 0) is 6.61 Å². The number of nitrogens with zero attached hydrogens (tertiary/aromatic N) is 2. The van der Waals surface area contributed by atoms with Crippen LogP contribution in [0.5, 0.6) is 5.75 Å². The average molecular weight is 380 g/mol. The zero-order chi connectivity index (χ0) is 20.2. The lowest BCUT2D eigenvalue weighted by Crippen LogP contribution is -2.31. The molecule has 1 aliphatic rings. The highest BCUT2D eigenvalue weighted by Gasteiger charge is 2.10. The van der Waals surface area contributed by atoms with Crippen LogP contribution in [0.3, 0.4) is 0 Å². The molecule has 3 aromatic carbocycles. The molecule has 3 aromatic rings. The molecule has 0 fully saturated rings. The monoisotopic (exact) mass is 380 g/mol. The van der Waals surface area contributed by atoms with Gasteiger partial charge in [0.1, 0.15) is 12.4 Å². The van der Waals surface area contributed by atoms with Crippen molar-refractivity contribution in [2.75, 3.05) is 6.54 Å². The molecule has 0 aromatic heterocycles. The first-order valence-corrected chi connectivity index (χ1v) is 10.0. The van der Waals surface area contributed by atoms with Gasteiger partial charge in [0.2, 0.25) is 0 Å². The van der Waals surface area contributed by atoms with Gasteiger partial charge in [-0.15, -0.1) is 0 Å². The second-order valence-corrected chi connectivity index (χ2v) is 7.66. The second-order valence-electron chi connectivity index (χ2n) is 7.66. The van der Waals surface area contributed by atoms with Gasteiger partial charge >= 0.3 is 0 Å². The van der Waals surface area contributed by atoms with Crippen molar-refractivity contribution in [1.29, 1.82) is 5.26 Å². The fourth-order valence-electron chi connectivity index (χ4n) is 3.61. The third-order valence-corrected chi connectivity index (χ3v) is 5.20. The summed E-state index contributed by atoms with van der Waals surface area (Å²) in [5, 5.41) is 11.4. The van der Waals surface area contributed by atoms with Crippen molar-refractivity contribution in [2.45, 2.75) is 32.8 Å². The maximum absolute atomic E-state index is 9.07. The van der Waals surface area contributed by atoms with Crippen molar-refractivity contribution in [2.24, 2.45) is 4.99 Å². The molecule has 0 radical (unpaired) electrons. The molecular weight excluding hydrogens is 356 g/mol. The quantitative estimate of drug-likeness (QED) is 0.642. The smallest absolute Gasteiger partial charge is 0.120 e. The first-order chi connectivity index (χ1) is 14.1. The van der Waals surface area contributed by atoms with Crippen LogP contribution in [0, 0.1) is 11.3 Å². The Labute approximate surface area is 171 Å². The van der Waals surface area contributed by atoms with Crippen molar-refractivity contribution in [3.8, 4) is 22.9 Å². The summed E-state index contributed by atoms with van der Waals surface area (Å²) >= 11 is 0. The van der Waals surface area contributed by atoms with E-state index in [1.54, 1.807) is 6.07 Å². The van der Waals surface area contributed by atoms with E-state index >= 15 is 0 Å². The summed E-state index contributed by atoms with van der Waals surface area (Å²) in [6.07, 6.45) is 3.29. The Bertz CT molecular complexity index is 1200. The van der Waals surface area contributed by atoms with Gasteiger partial charge < -0.3 is 4.74 Å². The molecular formula is C26H24N2O. The average Bonchev–Trinajstić information content (AvgIpc) is 2.77. The molecule has 1 aliphatic heterocycles. The van der Waals surface area contributed by atoms with Crippen molar-refractivity contribution < 1.29 is 4.74 Å². The SMILES string of the molecule is CC(C)c1cc(-c2cccc(OCc3cccc(C#N)c3)c2)c2c(c1)=CCCN=2. The molecule has 0 N–H and O–H groups in total. The zero-order valence-corrected chi connectivity index (χ0v) is 16.9. The van der Waals surface area contributed by atoms with Crippen molar-refractivity contribution >= 4 is 6.08 Å². The normalized spacial score (nSPS) is 12.5. The van der Waals surface area contributed by atoms with Crippen molar-refractivity contribution in [1.82, 2.24) is 0 Å². The lowest BCUT2D eigenvalue weighted by Gasteiger charge is -2.14. The number of nitriles is 1. The Hall–Kier alpha value is -3.38. The Morgan fingerprint density at radius 1 is 1.07 bits per heavy atom. The Morgan fingerprint density at radius 3 is 2.76 bits per heavy atom. The number of ether oxygens (including phenoxy) is 1. The van der Waals surface area contributed by atoms with Crippen LogP contribution >= 0.6 is 0 Å². The molecule has 3 heteroatoms. The summed E-state index contributed by atoms with van der Waals surface area (Å²) in [6.45, 7) is 5.72. The summed E-state index contributed by atoms with van der Waals surface area (Å²) in [4.78, 5) is 4.81. The maximum Gasteiger partial charge on any atom is 0.120 e. The first kappa shape index (κ1) is 19.0. The lowest BCUT2D eigenvalue weighted by molar-refractivity contribution is 0.306. The number of fused-ring (bicyclic) bond motifs is 1. The molecule has 1 heterocycles. The van der Waals surface area contributed by atoms with Crippen molar-refractivity contribution in [3.63, 3.8) is 0 Å². The van der Waals surface area contributed by atoms with Gasteiger partial charge in [-0.2, -0.15) is 5.26 Å². The molecule has 144 valence electrons. The summed E-state index contributed by atoms with van der Waals surface area (Å²) < 4.78 is 6.03. The van der Waals surface area contributed by atoms with E-state index in [1.165, 1.54) is 16.3 Å². The molecule has 29 heavy (non-hydrogen) atoms. The number of benzene rings is 3. The molecule has 0 bridgehead atoms. The summed E-state index contributed by atoms with van der Waals surface area (Å²) in [5.74, 6) is 1.27. The van der Waals surface area contributed by atoms with Crippen LogP contribution in [0.1, 0.15) is 42.9 Å². The minimum Gasteiger partial charge on any atom is -0.489 e. The molecule has 0 atom stereocenters. The fourth-order valence-corrected chi connectivity index (χ4v) is 3.61. The van der Waals surface area contributed by atoms with Gasteiger partial charge in [-0.25, -0.2) is 0 Å². The van der Waals surface area contributed by atoms with E-state index in [0.29, 0.717) is 18.1 Å². The van der Waals surface area contributed by atoms with Gasteiger partial charge in [-0.05, 0) is 70.6 Å². The molecule has 0 unspecified atom stereocenters. The maximum atomic E-state index is 9.07. The van der Waals surface area contributed by atoms with E-state index in [2.05, 4.69) is 50.3 Å². The fraction of sp³-hybridized carbons (Fsp3) is 0.231. The lowest BCUT2D eigenvalue weighted by atomic mass is 9.94. The molecule has 0 saturated heterocycles. The standard InChI is InChI=1S/C26H24N2O/c1-18(2)23-13-22-9-5-11-28-26(22)25(15-23)21-8-4-10-24(14-21)29-17-20-7-3-6-19(12-20)16-27/h3-4,6-10,12-15,18H,5,11,17H2,1-2H3. The van der Waals surface area contributed by atoms with Crippen LogP contribution in [0.25, 0.3) is 17.2 Å². The topological polar surface area (TPSA) is 45.4 Å². The summed E-state index contributed by atoms with van der Waals surface area (Å²) in [6, 6.07) is 22.4. The summed E-state index contributed by atoms with van der Waals surface area (Å²) in [7, 11) is 0. The molecule has 0 saturated carbocycles. The van der Waals surface area contributed by atoms with Crippen molar-refractivity contribution in [3.05, 3.63) is 87.9 Å². The predicted molar refractivity (Wildman–Crippen MR) is 116 cm³/mol. The predicted octanol–water partition coefficient (Wildman–Crippen LogP) is 4.73. The molecule has 0 amide bonds. The van der Waals surface area contributed by atoms with Crippen LogP contribution in [0.4, 0.5) is 0 Å². The van der Waals surface area contributed by atoms with Crippen LogP contribution < -0.4 is 15.3 Å². The molecule has 4 rings (SSSR count). The van der Waals surface area contributed by atoms with Gasteiger partial charge in [0.15, 0.2) is 0 Å². The van der Waals surface area contributed by atoms with Gasteiger partial charge in [0.25, 0.3) is 0 Å². The second kappa shape index (κ2) is 8.32. The van der Waals surface area contributed by atoms with Crippen LogP contribution in [0.15, 0.2) is 65.7 Å². The Balaban J connectivity index is 1.67. The number of hydrogen-bond acceptors (Lipinski definition) is 3. The van der Waals surface area contributed by atoms with Crippen LogP contribution in [0.2, 0.25) is 0 Å². The molecule has 0 spiro atoms. The molecule has 3 nitrogen and oxygen atoms in total. The van der Waals surface area contributed by atoms with Gasteiger partial charge in [-0.3, -0.25) is 4.99 Å². The van der Waals surface area contributed by atoms with E-state index in [0.717, 1.165) is 35.2 Å². The number of rotatable bonds is 5. The van der Waals surface area contributed by atoms with Crippen LogP contribution in [-0.4, -0.2) is 6.54 Å². The molecule has 0 aliphatic carbocycles. The highest BCUT2D eigenvalue weighted by molar-refractivity contribution is 5.66. The van der Waals surface area contributed by atoms with E-state index < -0.39 is 0 Å². The highest BCUT2D eigenvalue weighted by Crippen LogP contribution is 2.24. The van der Waals surface area contributed by atoms with Gasteiger partial charge in [0, 0.05) is 12.1 Å². The van der Waals surface area contributed by atoms with E-state index in [-0.39, 0.29) is 0 Å². The number of hydrogen-bond donors (Lipinski definition) is 0. The minimum absolute atomic E-state index is 0.432. The Kier molecular flexibility index (Phi) is 5.44. The zero-order valence-electron chi connectivity index (χ0n) is 16.9. The summed E-state index contributed by atoms with van der Waals surface area (Å²) in [5.41, 5.74) is 5.24. The minimum atomic E-state index is 0.432. The van der Waals surface area contributed by atoms with E-state index in [1.807, 2.05) is 30.3 Å². The van der Waals surface area contributed by atoms with Gasteiger partial charge in [0.05, 0.1) is 17.0 Å². The largest absolute Gasteiger partial charge is 0.489 e. The first-order valence-electron chi connectivity index (χ1n) is 10.0. The third kappa shape index (κ3) is 4.22. The Morgan fingerprint density at radius 2 is 1.93 bits per heavy atom. The van der Waals surface area contributed by atoms with E-state index in [9.17, 15) is 0 Å². The highest BCUT2D eigenvalue weighted by atomic mass is 16.5.